The van der Waals surface area contributed by atoms with Gasteiger partial charge in [-0.15, -0.1) is 6.58 Å². The van der Waals surface area contributed by atoms with Gasteiger partial charge in [0.05, 0.1) is 0 Å². The molecule has 1 aliphatic rings. The molecular weight excluding hydrogens is 180 g/mol. The van der Waals surface area contributed by atoms with E-state index in [1.54, 1.807) is 0 Å². The van der Waals surface area contributed by atoms with Gasteiger partial charge in [-0.25, -0.2) is 0 Å². The molecule has 0 heterocycles. The zero-order valence-electron chi connectivity index (χ0n) is 8.50. The van der Waals surface area contributed by atoms with E-state index in [1.165, 1.54) is 13.0 Å². The SMILES string of the molecule is C=C(C)CC1CC(OC(C)=O)=CC1=O. The molecule has 0 bridgehead atoms. The number of ether oxygens (including phenoxy) is 1. The van der Waals surface area contributed by atoms with E-state index in [2.05, 4.69) is 6.58 Å². The Morgan fingerprint density at radius 2 is 2.29 bits per heavy atom. The average molecular weight is 194 g/mol. The van der Waals surface area contributed by atoms with E-state index in [9.17, 15) is 9.59 Å². The highest BCUT2D eigenvalue weighted by atomic mass is 16.5. The lowest BCUT2D eigenvalue weighted by Gasteiger charge is -2.07. The van der Waals surface area contributed by atoms with Crippen LogP contribution in [0.2, 0.25) is 0 Å². The standard InChI is InChI=1S/C11H14O3/c1-7(2)4-9-5-10(6-11(9)13)14-8(3)12/h6,9H,1,4-5H2,2-3H3. The molecule has 1 rings (SSSR count). The van der Waals surface area contributed by atoms with Gasteiger partial charge in [0.25, 0.3) is 0 Å². The Hall–Kier alpha value is -1.38. The third-order valence-electron chi connectivity index (χ3n) is 2.02. The predicted octanol–water partition coefficient (Wildman–Crippen LogP) is 1.99. The summed E-state index contributed by atoms with van der Waals surface area (Å²) in [4.78, 5) is 22.0. The second kappa shape index (κ2) is 4.22. The van der Waals surface area contributed by atoms with Crippen LogP contribution in [-0.4, -0.2) is 11.8 Å². The summed E-state index contributed by atoms with van der Waals surface area (Å²) in [5.41, 5.74) is 0.973. The second-order valence-corrected chi connectivity index (χ2v) is 3.67. The molecule has 76 valence electrons. The molecule has 0 amide bonds. The van der Waals surface area contributed by atoms with Crippen LogP contribution in [0.5, 0.6) is 0 Å². The first-order valence-corrected chi connectivity index (χ1v) is 4.56. The van der Waals surface area contributed by atoms with Gasteiger partial charge in [-0.2, -0.15) is 0 Å². The Balaban J connectivity index is 2.55. The monoisotopic (exact) mass is 194 g/mol. The van der Waals surface area contributed by atoms with Crippen molar-refractivity contribution in [3.05, 3.63) is 24.0 Å². The Bertz CT molecular complexity index is 312. The summed E-state index contributed by atoms with van der Waals surface area (Å²) in [5.74, 6) is 0.0554. The zero-order chi connectivity index (χ0) is 10.7. The maximum atomic E-state index is 11.4. The number of allylic oxidation sites excluding steroid dienone is 3. The van der Waals surface area contributed by atoms with Gasteiger partial charge in [0.1, 0.15) is 5.76 Å². The minimum absolute atomic E-state index is 0.0317. The molecule has 0 aromatic carbocycles. The molecule has 0 radical (unpaired) electrons. The quantitative estimate of drug-likeness (QED) is 0.509. The smallest absolute Gasteiger partial charge is 0.307 e. The van der Waals surface area contributed by atoms with Crippen molar-refractivity contribution in [2.24, 2.45) is 5.92 Å². The van der Waals surface area contributed by atoms with Crippen LogP contribution < -0.4 is 0 Å². The number of hydrogen-bond acceptors (Lipinski definition) is 3. The molecule has 0 spiro atoms. The molecule has 0 saturated carbocycles. The van der Waals surface area contributed by atoms with Gasteiger partial charge in [-0.3, -0.25) is 9.59 Å². The molecule has 3 nitrogen and oxygen atoms in total. The summed E-state index contributed by atoms with van der Waals surface area (Å²) in [6.07, 6.45) is 2.60. The van der Waals surface area contributed by atoms with Crippen molar-refractivity contribution in [1.29, 1.82) is 0 Å². The van der Waals surface area contributed by atoms with Gasteiger partial charge in [-0.1, -0.05) is 5.57 Å². The molecular formula is C11H14O3. The third kappa shape index (κ3) is 2.83. The normalized spacial score (nSPS) is 20.6. The Morgan fingerprint density at radius 3 is 2.79 bits per heavy atom. The summed E-state index contributed by atoms with van der Waals surface area (Å²) >= 11 is 0. The lowest BCUT2D eigenvalue weighted by atomic mass is 9.98. The lowest BCUT2D eigenvalue weighted by molar-refractivity contribution is -0.137. The fourth-order valence-corrected chi connectivity index (χ4v) is 1.53. The molecule has 0 fully saturated rings. The van der Waals surface area contributed by atoms with Crippen LogP contribution in [0.4, 0.5) is 0 Å². The molecule has 0 saturated heterocycles. The van der Waals surface area contributed by atoms with Gasteiger partial charge < -0.3 is 4.74 Å². The Morgan fingerprint density at radius 1 is 1.64 bits per heavy atom. The summed E-state index contributed by atoms with van der Waals surface area (Å²) < 4.78 is 4.87. The Labute approximate surface area is 83.4 Å². The van der Waals surface area contributed by atoms with Gasteiger partial charge in [0.15, 0.2) is 5.78 Å². The van der Waals surface area contributed by atoms with E-state index in [0.717, 1.165) is 5.57 Å². The first kappa shape index (κ1) is 10.7. The van der Waals surface area contributed by atoms with Crippen molar-refractivity contribution in [3.8, 4) is 0 Å². The van der Waals surface area contributed by atoms with Gasteiger partial charge in [0, 0.05) is 25.3 Å². The van der Waals surface area contributed by atoms with Crippen LogP contribution in [0.1, 0.15) is 26.7 Å². The van der Waals surface area contributed by atoms with Crippen molar-refractivity contribution >= 4 is 11.8 Å². The summed E-state index contributed by atoms with van der Waals surface area (Å²) in [7, 11) is 0. The molecule has 14 heavy (non-hydrogen) atoms. The molecule has 1 unspecified atom stereocenters. The minimum Gasteiger partial charge on any atom is -0.431 e. The van der Waals surface area contributed by atoms with Gasteiger partial charge >= 0.3 is 5.97 Å². The minimum atomic E-state index is -0.375. The van der Waals surface area contributed by atoms with Gasteiger partial charge in [-0.05, 0) is 13.3 Å². The maximum absolute atomic E-state index is 11.4. The summed E-state index contributed by atoms with van der Waals surface area (Å²) in [6, 6.07) is 0. The van der Waals surface area contributed by atoms with E-state index in [-0.39, 0.29) is 17.7 Å². The average Bonchev–Trinajstić information content (AvgIpc) is 2.28. The highest BCUT2D eigenvalue weighted by molar-refractivity contribution is 5.95. The van der Waals surface area contributed by atoms with Gasteiger partial charge in [0.2, 0.25) is 0 Å². The summed E-state index contributed by atoms with van der Waals surface area (Å²) in [5, 5.41) is 0. The molecule has 0 aliphatic heterocycles. The van der Waals surface area contributed by atoms with Crippen molar-refractivity contribution in [1.82, 2.24) is 0 Å². The van der Waals surface area contributed by atoms with Crippen LogP contribution in [0.25, 0.3) is 0 Å². The zero-order valence-corrected chi connectivity index (χ0v) is 8.50. The van der Waals surface area contributed by atoms with Crippen molar-refractivity contribution in [3.63, 3.8) is 0 Å². The van der Waals surface area contributed by atoms with E-state index in [0.29, 0.717) is 18.6 Å². The van der Waals surface area contributed by atoms with E-state index in [4.69, 9.17) is 4.74 Å². The molecule has 0 aromatic rings. The lowest BCUT2D eigenvalue weighted by Crippen LogP contribution is -2.07. The summed E-state index contributed by atoms with van der Waals surface area (Å²) in [6.45, 7) is 6.97. The number of hydrogen-bond donors (Lipinski definition) is 0. The highest BCUT2D eigenvalue weighted by Crippen LogP contribution is 2.27. The highest BCUT2D eigenvalue weighted by Gasteiger charge is 2.26. The predicted molar refractivity (Wildman–Crippen MR) is 52.4 cm³/mol. The molecule has 0 aromatic heterocycles. The number of carbonyl (C=O) groups is 2. The van der Waals surface area contributed by atoms with E-state index in [1.807, 2.05) is 6.92 Å². The van der Waals surface area contributed by atoms with Crippen molar-refractivity contribution in [2.45, 2.75) is 26.7 Å². The first-order chi connectivity index (χ1) is 6.49. The number of ketones is 1. The fraction of sp³-hybridized carbons (Fsp3) is 0.455. The molecule has 0 N–H and O–H groups in total. The first-order valence-electron chi connectivity index (χ1n) is 4.56. The van der Waals surface area contributed by atoms with Crippen LogP contribution in [0.3, 0.4) is 0 Å². The van der Waals surface area contributed by atoms with Crippen LogP contribution >= 0.6 is 0 Å². The van der Waals surface area contributed by atoms with E-state index < -0.39 is 0 Å². The molecule has 1 atom stereocenters. The van der Waals surface area contributed by atoms with E-state index >= 15 is 0 Å². The third-order valence-corrected chi connectivity index (χ3v) is 2.02. The van der Waals surface area contributed by atoms with Crippen molar-refractivity contribution in [2.75, 3.05) is 0 Å². The number of carbonyl (C=O) groups excluding carboxylic acids is 2. The fourth-order valence-electron chi connectivity index (χ4n) is 1.53. The number of esters is 1. The number of rotatable bonds is 3. The second-order valence-electron chi connectivity index (χ2n) is 3.67. The maximum Gasteiger partial charge on any atom is 0.307 e. The van der Waals surface area contributed by atoms with Crippen molar-refractivity contribution < 1.29 is 14.3 Å². The van der Waals surface area contributed by atoms with Crippen LogP contribution in [-0.2, 0) is 14.3 Å². The largest absolute Gasteiger partial charge is 0.431 e. The molecule has 3 heteroatoms. The van der Waals surface area contributed by atoms with Crippen LogP contribution in [0.15, 0.2) is 24.0 Å². The Kier molecular flexibility index (Phi) is 3.23. The molecule has 1 aliphatic carbocycles. The van der Waals surface area contributed by atoms with Crippen LogP contribution in [0, 0.1) is 5.92 Å². The topological polar surface area (TPSA) is 43.4 Å².